The molecule has 0 saturated carbocycles. The van der Waals surface area contributed by atoms with Gasteiger partial charge in [0.05, 0.1) is 5.92 Å². The molecular weight excluding hydrogens is 353 g/mol. The average molecular weight is 375 g/mol. The van der Waals surface area contributed by atoms with Crippen molar-refractivity contribution in [2.24, 2.45) is 5.73 Å². The number of aromatic nitrogens is 1. The lowest BCUT2D eigenvalue weighted by molar-refractivity contribution is -0.117. The Morgan fingerprint density at radius 1 is 1.25 bits per heavy atom. The minimum Gasteiger partial charge on any atom is -0.423 e. The number of benzene rings is 2. The maximum absolute atomic E-state index is 12.9. The molecule has 0 radical (unpaired) electrons. The first kappa shape index (κ1) is 18.6. The fourth-order valence-electron chi connectivity index (χ4n) is 3.63. The second kappa shape index (κ2) is 8.10. The quantitative estimate of drug-likeness (QED) is 0.602. The van der Waals surface area contributed by atoms with Crippen molar-refractivity contribution in [3.05, 3.63) is 66.0 Å². The highest BCUT2D eigenvalue weighted by molar-refractivity contribution is 6.60. The summed E-state index contributed by atoms with van der Waals surface area (Å²) in [6, 6.07) is 13.3. The molecular formula is C21H22BN3O3. The minimum absolute atomic E-state index is 0.152. The van der Waals surface area contributed by atoms with E-state index in [-0.39, 0.29) is 12.5 Å². The number of nitrogens with zero attached hydrogens (tertiary/aromatic N) is 1. The molecule has 1 aromatic heterocycles. The molecule has 4 N–H and O–H groups in total. The fraction of sp³-hybridized carbons (Fsp3) is 0.238. The van der Waals surface area contributed by atoms with Crippen molar-refractivity contribution < 1.29 is 14.5 Å². The summed E-state index contributed by atoms with van der Waals surface area (Å²) in [4.78, 5) is 17.0. The first-order valence-electron chi connectivity index (χ1n) is 9.43. The van der Waals surface area contributed by atoms with Crippen molar-refractivity contribution in [1.82, 2.24) is 4.98 Å². The molecule has 1 unspecified atom stereocenters. The van der Waals surface area contributed by atoms with Gasteiger partial charge in [0.2, 0.25) is 5.91 Å². The van der Waals surface area contributed by atoms with Crippen molar-refractivity contribution in [2.75, 3.05) is 18.5 Å². The van der Waals surface area contributed by atoms with Crippen molar-refractivity contribution in [1.29, 1.82) is 0 Å². The lowest BCUT2D eigenvalue weighted by Crippen LogP contribution is -2.35. The van der Waals surface area contributed by atoms with Gasteiger partial charge in [0.1, 0.15) is 0 Å². The number of carbonyl (C=O) groups is 1. The van der Waals surface area contributed by atoms with Crippen molar-refractivity contribution in [3.63, 3.8) is 0 Å². The Hall–Kier alpha value is -2.74. The number of pyridine rings is 1. The Balaban J connectivity index is 1.57. The Morgan fingerprint density at radius 2 is 2.14 bits per heavy atom. The zero-order chi connectivity index (χ0) is 19.5. The number of anilines is 1. The summed E-state index contributed by atoms with van der Waals surface area (Å²) in [5.74, 6) is -0.624. The zero-order valence-electron chi connectivity index (χ0n) is 15.5. The summed E-state index contributed by atoms with van der Waals surface area (Å²) in [6.07, 6.45) is 5.15. The molecule has 0 fully saturated rings. The number of fused-ring (bicyclic) bond motifs is 2. The van der Waals surface area contributed by atoms with Gasteiger partial charge in [0.15, 0.2) is 0 Å². The van der Waals surface area contributed by atoms with E-state index in [0.29, 0.717) is 6.61 Å². The highest BCUT2D eigenvalue weighted by Gasteiger charge is 2.26. The second-order valence-electron chi connectivity index (χ2n) is 7.00. The lowest BCUT2D eigenvalue weighted by Gasteiger charge is -2.18. The third kappa shape index (κ3) is 3.78. The van der Waals surface area contributed by atoms with E-state index in [1.807, 2.05) is 42.5 Å². The standard InChI is InChI=1S/C21H22BN3O3/c23-12-19(15-4-6-20-16(10-15)2-1-9-28-22(20)27)21(26)25-18-5-3-17-13-24-8-7-14(17)11-18/h3-8,10-11,13,19,27H,1-2,9,12,23H2,(H,25,26). The van der Waals surface area contributed by atoms with Crippen molar-refractivity contribution in [2.45, 2.75) is 18.8 Å². The molecule has 28 heavy (non-hydrogen) atoms. The van der Waals surface area contributed by atoms with Crippen LogP contribution in [0.5, 0.6) is 0 Å². The predicted octanol–water partition coefficient (Wildman–Crippen LogP) is 1.57. The summed E-state index contributed by atoms with van der Waals surface area (Å²) in [5, 5.41) is 15.1. The molecule has 4 rings (SSSR count). The van der Waals surface area contributed by atoms with Gasteiger partial charge >= 0.3 is 7.12 Å². The molecule has 7 heteroatoms. The van der Waals surface area contributed by atoms with E-state index in [0.717, 1.165) is 45.9 Å². The van der Waals surface area contributed by atoms with E-state index in [1.54, 1.807) is 12.4 Å². The van der Waals surface area contributed by atoms with Crippen LogP contribution in [0.25, 0.3) is 10.8 Å². The Labute approximate surface area is 163 Å². The topological polar surface area (TPSA) is 97.5 Å². The molecule has 0 bridgehead atoms. The van der Waals surface area contributed by atoms with Gasteiger partial charge in [-0.15, -0.1) is 0 Å². The maximum atomic E-state index is 12.9. The van der Waals surface area contributed by atoms with E-state index in [4.69, 9.17) is 10.4 Å². The number of carbonyl (C=O) groups excluding carboxylic acids is 1. The number of nitrogens with two attached hydrogens (primary N) is 1. The first-order valence-corrected chi connectivity index (χ1v) is 9.43. The van der Waals surface area contributed by atoms with Crippen molar-refractivity contribution in [3.8, 4) is 0 Å². The molecule has 3 aromatic rings. The summed E-state index contributed by atoms with van der Waals surface area (Å²) in [5.41, 5.74) is 9.28. The molecule has 0 saturated heterocycles. The van der Waals surface area contributed by atoms with Gasteiger partial charge < -0.3 is 20.7 Å². The fourth-order valence-corrected chi connectivity index (χ4v) is 3.63. The summed E-state index contributed by atoms with van der Waals surface area (Å²) in [7, 11) is -0.913. The number of rotatable bonds is 4. The van der Waals surface area contributed by atoms with Gasteiger partial charge in [-0.25, -0.2) is 0 Å². The van der Waals surface area contributed by atoms with Crippen LogP contribution in [0.15, 0.2) is 54.9 Å². The summed E-state index contributed by atoms with van der Waals surface area (Å²) >= 11 is 0. The van der Waals surface area contributed by atoms with Crippen LogP contribution in [0.2, 0.25) is 0 Å². The normalized spacial score (nSPS) is 15.0. The van der Waals surface area contributed by atoms with E-state index >= 15 is 0 Å². The third-order valence-corrected chi connectivity index (χ3v) is 5.16. The molecule has 142 valence electrons. The molecule has 0 spiro atoms. The largest absolute Gasteiger partial charge is 0.491 e. The van der Waals surface area contributed by atoms with Crippen LogP contribution < -0.4 is 16.5 Å². The zero-order valence-corrected chi connectivity index (χ0v) is 15.5. The molecule has 1 aliphatic rings. The van der Waals surface area contributed by atoms with Crippen LogP contribution in [-0.4, -0.2) is 36.2 Å². The van der Waals surface area contributed by atoms with Gasteiger partial charge in [0, 0.05) is 36.6 Å². The molecule has 1 atom stereocenters. The lowest BCUT2D eigenvalue weighted by atomic mass is 9.75. The minimum atomic E-state index is -0.913. The Bertz CT molecular complexity index is 1010. The molecule has 2 heterocycles. The molecule has 0 aliphatic carbocycles. The first-order chi connectivity index (χ1) is 13.7. The van der Waals surface area contributed by atoms with Crippen molar-refractivity contribution >= 4 is 34.9 Å². The van der Waals surface area contributed by atoms with E-state index in [2.05, 4.69) is 10.3 Å². The van der Waals surface area contributed by atoms with Gasteiger partial charge in [-0.05, 0) is 53.0 Å². The monoisotopic (exact) mass is 375 g/mol. The van der Waals surface area contributed by atoms with Crippen LogP contribution >= 0.6 is 0 Å². The van der Waals surface area contributed by atoms with Crippen LogP contribution in [-0.2, 0) is 15.9 Å². The van der Waals surface area contributed by atoms with Crippen LogP contribution in [0.4, 0.5) is 5.69 Å². The summed E-state index contributed by atoms with van der Waals surface area (Å²) in [6.45, 7) is 0.713. The van der Waals surface area contributed by atoms with E-state index in [9.17, 15) is 9.82 Å². The molecule has 1 amide bonds. The van der Waals surface area contributed by atoms with Crippen LogP contribution in [0.3, 0.4) is 0 Å². The van der Waals surface area contributed by atoms with E-state index in [1.165, 1.54) is 0 Å². The number of hydrogen-bond acceptors (Lipinski definition) is 5. The van der Waals surface area contributed by atoms with Gasteiger partial charge in [-0.1, -0.05) is 24.3 Å². The van der Waals surface area contributed by atoms with E-state index < -0.39 is 13.0 Å². The maximum Gasteiger partial charge on any atom is 0.491 e. The smallest absolute Gasteiger partial charge is 0.423 e. The van der Waals surface area contributed by atoms with Gasteiger partial charge in [-0.3, -0.25) is 9.78 Å². The highest BCUT2D eigenvalue weighted by Crippen LogP contribution is 2.22. The van der Waals surface area contributed by atoms with Crippen LogP contribution in [0, 0.1) is 0 Å². The van der Waals surface area contributed by atoms with Crippen LogP contribution in [0.1, 0.15) is 23.5 Å². The molecule has 2 aromatic carbocycles. The highest BCUT2D eigenvalue weighted by atomic mass is 16.5. The molecule has 6 nitrogen and oxygen atoms in total. The molecule has 1 aliphatic heterocycles. The third-order valence-electron chi connectivity index (χ3n) is 5.16. The SMILES string of the molecule is NCC(C(=O)Nc1ccc2cnccc2c1)c1ccc2c(c1)CCCOB2O. The number of nitrogens with one attached hydrogen (secondary N) is 1. The summed E-state index contributed by atoms with van der Waals surface area (Å²) < 4.78 is 5.36. The van der Waals surface area contributed by atoms with Gasteiger partial charge in [0.25, 0.3) is 0 Å². The predicted molar refractivity (Wildman–Crippen MR) is 110 cm³/mol. The number of amides is 1. The second-order valence-corrected chi connectivity index (χ2v) is 7.00. The average Bonchev–Trinajstić information content (AvgIpc) is 2.89. The number of aryl methyl sites for hydroxylation is 1. The Kier molecular flexibility index (Phi) is 5.39. The Morgan fingerprint density at radius 3 is 3.00 bits per heavy atom. The van der Waals surface area contributed by atoms with Gasteiger partial charge in [-0.2, -0.15) is 0 Å². The number of hydrogen-bond donors (Lipinski definition) is 3.